The lowest BCUT2D eigenvalue weighted by atomic mass is 9.81. The molecule has 0 heterocycles. The van der Waals surface area contributed by atoms with Crippen LogP contribution in [0.15, 0.2) is 0 Å². The van der Waals surface area contributed by atoms with Gasteiger partial charge in [0.05, 0.1) is 63.2 Å². The summed E-state index contributed by atoms with van der Waals surface area (Å²) in [4.78, 5) is 0. The number of hydrogen-bond acceptors (Lipinski definition) is 7. The minimum absolute atomic E-state index is 0.125. The van der Waals surface area contributed by atoms with Gasteiger partial charge < -0.3 is 35.4 Å². The van der Waals surface area contributed by atoms with Crippen molar-refractivity contribution in [1.82, 2.24) is 0 Å². The maximum Gasteiger partial charge on any atom is 0.0662 e. The van der Waals surface area contributed by atoms with E-state index in [0.717, 1.165) is 19.3 Å². The van der Waals surface area contributed by atoms with Crippen molar-refractivity contribution in [3.63, 3.8) is 0 Å². The first-order chi connectivity index (χ1) is 13.0. The first-order valence-electron chi connectivity index (χ1n) is 10.3. The van der Waals surface area contributed by atoms with Gasteiger partial charge in [-0.1, -0.05) is 58.3 Å². The van der Waals surface area contributed by atoms with Crippen LogP contribution < -0.4 is 0 Å². The maximum absolute atomic E-state index is 10.5. The highest BCUT2D eigenvalue weighted by Gasteiger charge is 2.38. The van der Waals surface area contributed by atoms with E-state index in [9.17, 15) is 30.6 Å². The standard InChI is InChI=1S/C20H42O7/c1-2-3-4-5-6-7-8-9-10-18(26)20(14-24,15-25)17-27-16-19(11-21,12-22)13-23/h18,21-26H,2-17H2,1H3. The molecule has 0 aromatic carbocycles. The molecule has 0 aromatic heterocycles. The number of ether oxygens (including phenoxy) is 1. The molecule has 0 radical (unpaired) electrons. The zero-order chi connectivity index (χ0) is 20.6. The summed E-state index contributed by atoms with van der Waals surface area (Å²) in [6.45, 7) is -0.304. The zero-order valence-electron chi connectivity index (χ0n) is 17.0. The van der Waals surface area contributed by atoms with Crippen LogP contribution in [0.25, 0.3) is 0 Å². The van der Waals surface area contributed by atoms with E-state index in [2.05, 4.69) is 6.92 Å². The smallest absolute Gasteiger partial charge is 0.0662 e. The maximum atomic E-state index is 10.5. The van der Waals surface area contributed by atoms with Crippen LogP contribution in [0.5, 0.6) is 0 Å². The van der Waals surface area contributed by atoms with E-state index in [1.54, 1.807) is 0 Å². The normalized spacial score (nSPS) is 13.9. The lowest BCUT2D eigenvalue weighted by Crippen LogP contribution is -2.47. The molecular formula is C20H42O7. The monoisotopic (exact) mass is 394 g/mol. The van der Waals surface area contributed by atoms with Gasteiger partial charge in [-0.25, -0.2) is 0 Å². The number of rotatable bonds is 19. The van der Waals surface area contributed by atoms with Crippen molar-refractivity contribution in [2.24, 2.45) is 10.8 Å². The number of hydrogen-bond donors (Lipinski definition) is 6. The summed E-state index contributed by atoms with van der Waals surface area (Å²) in [5, 5.41) is 57.9. The third kappa shape index (κ3) is 9.65. The predicted octanol–water partition coefficient (Wildman–Crippen LogP) is 0.829. The van der Waals surface area contributed by atoms with E-state index in [1.807, 2.05) is 0 Å². The van der Waals surface area contributed by atoms with Crippen molar-refractivity contribution >= 4 is 0 Å². The average molecular weight is 395 g/mol. The van der Waals surface area contributed by atoms with E-state index < -0.39 is 50.0 Å². The van der Waals surface area contributed by atoms with Crippen LogP contribution in [-0.2, 0) is 4.74 Å². The second-order valence-corrected chi connectivity index (χ2v) is 7.93. The molecule has 0 aromatic rings. The van der Waals surface area contributed by atoms with Gasteiger partial charge in [-0.2, -0.15) is 0 Å². The van der Waals surface area contributed by atoms with Gasteiger partial charge in [-0.15, -0.1) is 0 Å². The van der Waals surface area contributed by atoms with Crippen molar-refractivity contribution in [3.8, 4) is 0 Å². The third-order valence-electron chi connectivity index (χ3n) is 5.47. The Labute approximate surface area is 164 Å². The highest BCUT2D eigenvalue weighted by Crippen LogP contribution is 2.27. The molecule has 0 fully saturated rings. The van der Waals surface area contributed by atoms with Crippen LogP contribution in [0, 0.1) is 10.8 Å². The molecule has 0 saturated heterocycles. The molecule has 7 heteroatoms. The molecule has 1 unspecified atom stereocenters. The van der Waals surface area contributed by atoms with Gasteiger partial charge in [0.25, 0.3) is 0 Å². The predicted molar refractivity (Wildman–Crippen MR) is 104 cm³/mol. The molecule has 0 amide bonds. The Morgan fingerprint density at radius 1 is 0.667 bits per heavy atom. The van der Waals surface area contributed by atoms with Crippen molar-refractivity contribution < 1.29 is 35.4 Å². The van der Waals surface area contributed by atoms with Crippen LogP contribution in [-0.4, -0.2) is 83.0 Å². The molecular weight excluding hydrogens is 352 g/mol. The summed E-state index contributed by atoms with van der Waals surface area (Å²) >= 11 is 0. The summed E-state index contributed by atoms with van der Waals surface area (Å²) in [6.07, 6.45) is 8.68. The minimum Gasteiger partial charge on any atom is -0.396 e. The van der Waals surface area contributed by atoms with Gasteiger partial charge in [0.15, 0.2) is 0 Å². The van der Waals surface area contributed by atoms with Crippen LogP contribution >= 0.6 is 0 Å². The Kier molecular flexibility index (Phi) is 15.5. The summed E-state index contributed by atoms with van der Waals surface area (Å²) in [5.41, 5.74) is -2.38. The van der Waals surface area contributed by atoms with E-state index in [1.165, 1.54) is 32.1 Å². The minimum atomic E-state index is -1.20. The Balaban J connectivity index is 4.32. The van der Waals surface area contributed by atoms with Gasteiger partial charge >= 0.3 is 0 Å². The van der Waals surface area contributed by atoms with Crippen molar-refractivity contribution in [1.29, 1.82) is 0 Å². The molecule has 0 aliphatic heterocycles. The summed E-state index contributed by atoms with van der Waals surface area (Å²) in [7, 11) is 0. The first kappa shape index (κ1) is 26.7. The van der Waals surface area contributed by atoms with Crippen molar-refractivity contribution in [2.45, 2.75) is 70.8 Å². The van der Waals surface area contributed by atoms with E-state index in [4.69, 9.17) is 4.74 Å². The lowest BCUT2D eigenvalue weighted by Gasteiger charge is -2.36. The molecule has 0 aliphatic rings. The second kappa shape index (κ2) is 15.6. The Morgan fingerprint density at radius 2 is 1.15 bits per heavy atom. The van der Waals surface area contributed by atoms with Crippen LogP contribution in [0.2, 0.25) is 0 Å². The van der Waals surface area contributed by atoms with E-state index in [-0.39, 0.29) is 13.2 Å². The Morgan fingerprint density at radius 3 is 1.59 bits per heavy atom. The largest absolute Gasteiger partial charge is 0.396 e. The topological polar surface area (TPSA) is 131 Å². The molecule has 6 N–H and O–H groups in total. The summed E-state index contributed by atoms with van der Waals surface area (Å²) < 4.78 is 5.46. The Bertz CT molecular complexity index is 322. The van der Waals surface area contributed by atoms with Crippen LogP contribution in [0.3, 0.4) is 0 Å². The number of unbranched alkanes of at least 4 members (excludes halogenated alkanes) is 7. The van der Waals surface area contributed by atoms with Gasteiger partial charge in [-0.3, -0.25) is 0 Å². The average Bonchev–Trinajstić information content (AvgIpc) is 2.71. The molecule has 0 saturated carbocycles. The number of aliphatic hydroxyl groups excluding tert-OH is 6. The molecule has 164 valence electrons. The SMILES string of the molecule is CCCCCCCCCCC(O)C(CO)(CO)COCC(CO)(CO)CO. The summed E-state index contributed by atoms with van der Waals surface area (Å²) in [6, 6.07) is 0. The molecule has 0 spiro atoms. The van der Waals surface area contributed by atoms with Crippen molar-refractivity contribution in [2.75, 3.05) is 46.2 Å². The fourth-order valence-electron chi connectivity index (χ4n) is 2.98. The Hall–Kier alpha value is -0.280. The van der Waals surface area contributed by atoms with Gasteiger partial charge in [0.1, 0.15) is 0 Å². The molecule has 0 aliphatic carbocycles. The number of aliphatic hydroxyl groups is 6. The molecule has 0 bridgehead atoms. The molecule has 7 nitrogen and oxygen atoms in total. The highest BCUT2D eigenvalue weighted by molar-refractivity contribution is 4.86. The highest BCUT2D eigenvalue weighted by atomic mass is 16.5. The van der Waals surface area contributed by atoms with E-state index >= 15 is 0 Å². The van der Waals surface area contributed by atoms with Gasteiger partial charge in [-0.05, 0) is 6.42 Å². The quantitative estimate of drug-likeness (QED) is 0.179. The van der Waals surface area contributed by atoms with E-state index in [0.29, 0.717) is 6.42 Å². The fraction of sp³-hybridized carbons (Fsp3) is 1.00. The van der Waals surface area contributed by atoms with Gasteiger partial charge in [0, 0.05) is 0 Å². The second-order valence-electron chi connectivity index (χ2n) is 7.93. The molecule has 27 heavy (non-hydrogen) atoms. The lowest BCUT2D eigenvalue weighted by molar-refractivity contribution is -0.128. The summed E-state index contributed by atoms with van der Waals surface area (Å²) in [5.74, 6) is 0. The van der Waals surface area contributed by atoms with Crippen LogP contribution in [0.4, 0.5) is 0 Å². The molecule has 1 atom stereocenters. The van der Waals surface area contributed by atoms with Crippen LogP contribution in [0.1, 0.15) is 64.7 Å². The third-order valence-corrected chi connectivity index (χ3v) is 5.47. The fourth-order valence-corrected chi connectivity index (χ4v) is 2.98. The first-order valence-corrected chi connectivity index (χ1v) is 10.3. The van der Waals surface area contributed by atoms with Crippen molar-refractivity contribution in [3.05, 3.63) is 0 Å². The van der Waals surface area contributed by atoms with Gasteiger partial charge in [0.2, 0.25) is 0 Å². The zero-order valence-corrected chi connectivity index (χ0v) is 17.0. The molecule has 0 rings (SSSR count).